The standard InChI is InChI=1S/C45H48ClF2N7O7S/c1-44(2)12-11-30(36(25-44)29-3-5-31(46)6-4-29)27-53-15-17-54(18-16-53)33-7-9-35(42(23-33)62-41-22-32(47)21-39-37(41)26-50-51-39)43(56)52-63(59,60)34-8-10-38(40(24-34)55(57)58)49-28-45(48)13-19-61-20-14-45/h3-10,21-24,26,49H,11-20,25,27-28H2,1-2H3,(H,50,51)(H,52,56). The molecule has 2 saturated heterocycles. The van der Waals surface area contributed by atoms with E-state index in [1.807, 2.05) is 16.9 Å². The Balaban J connectivity index is 1.02. The number of benzene rings is 4. The van der Waals surface area contributed by atoms with E-state index in [4.69, 9.17) is 21.1 Å². The molecule has 4 aromatic carbocycles. The predicted molar refractivity (Wildman–Crippen MR) is 237 cm³/mol. The molecule has 18 heteroatoms. The largest absolute Gasteiger partial charge is 0.456 e. The number of aromatic amines is 1. The number of halogens is 3. The Hall–Kier alpha value is -5.62. The fourth-order valence-corrected chi connectivity index (χ4v) is 9.56. The first-order chi connectivity index (χ1) is 30.0. The third-order valence-corrected chi connectivity index (χ3v) is 13.7. The first-order valence-electron chi connectivity index (χ1n) is 20.8. The van der Waals surface area contributed by atoms with E-state index in [9.17, 15) is 27.7 Å². The highest BCUT2D eigenvalue weighted by Gasteiger charge is 2.34. The molecule has 3 aliphatic rings. The topological polar surface area (TPSA) is 172 Å². The summed E-state index contributed by atoms with van der Waals surface area (Å²) in [6.07, 6.45) is 4.74. The van der Waals surface area contributed by atoms with Gasteiger partial charge in [0.1, 0.15) is 28.7 Å². The maximum absolute atomic E-state index is 15.2. The number of sulfonamides is 1. The molecule has 0 bridgehead atoms. The van der Waals surface area contributed by atoms with Crippen molar-refractivity contribution in [3.8, 4) is 11.5 Å². The van der Waals surface area contributed by atoms with Gasteiger partial charge in [0.15, 0.2) is 0 Å². The Morgan fingerprint density at radius 2 is 1.75 bits per heavy atom. The van der Waals surface area contributed by atoms with Gasteiger partial charge < -0.3 is 19.7 Å². The van der Waals surface area contributed by atoms with Crippen molar-refractivity contribution in [1.29, 1.82) is 0 Å². The maximum atomic E-state index is 15.2. The first-order valence-corrected chi connectivity index (χ1v) is 22.7. The Kier molecular flexibility index (Phi) is 12.5. The summed E-state index contributed by atoms with van der Waals surface area (Å²) in [6.45, 7) is 8.42. The average molecular weight is 904 g/mol. The van der Waals surface area contributed by atoms with Gasteiger partial charge in [0.25, 0.3) is 21.6 Å². The number of piperazine rings is 1. The number of nitrogens with zero attached hydrogens (tertiary/aromatic N) is 4. The summed E-state index contributed by atoms with van der Waals surface area (Å²) in [5.74, 6) is -1.75. The van der Waals surface area contributed by atoms with Gasteiger partial charge in [-0.05, 0) is 78.3 Å². The van der Waals surface area contributed by atoms with Crippen LogP contribution >= 0.6 is 11.6 Å². The molecule has 8 rings (SSSR count). The zero-order valence-electron chi connectivity index (χ0n) is 34.9. The number of amides is 1. The van der Waals surface area contributed by atoms with Gasteiger partial charge in [0.2, 0.25) is 0 Å². The van der Waals surface area contributed by atoms with Crippen molar-refractivity contribution < 1.29 is 36.4 Å². The van der Waals surface area contributed by atoms with Crippen molar-refractivity contribution >= 4 is 61.1 Å². The van der Waals surface area contributed by atoms with Crippen molar-refractivity contribution in [3.63, 3.8) is 0 Å². The van der Waals surface area contributed by atoms with Gasteiger partial charge in [-0.3, -0.25) is 24.9 Å². The van der Waals surface area contributed by atoms with Crippen LogP contribution in [-0.2, 0) is 14.8 Å². The van der Waals surface area contributed by atoms with Crippen LogP contribution in [0.4, 0.5) is 25.8 Å². The second-order valence-corrected chi connectivity index (χ2v) is 19.3. The summed E-state index contributed by atoms with van der Waals surface area (Å²) in [5, 5.41) is 22.6. The van der Waals surface area contributed by atoms with E-state index in [1.165, 1.54) is 35.0 Å². The number of fused-ring (bicyclic) bond motifs is 1. The number of nitro benzene ring substituents is 1. The normalized spacial score (nSPS) is 18.0. The number of nitro groups is 1. The molecule has 0 saturated carbocycles. The molecule has 0 unspecified atom stereocenters. The molecule has 0 radical (unpaired) electrons. The van der Waals surface area contributed by atoms with Gasteiger partial charge in [-0.1, -0.05) is 43.2 Å². The molecular weight excluding hydrogens is 856 g/mol. The summed E-state index contributed by atoms with van der Waals surface area (Å²) in [6, 6.07) is 18.2. The number of allylic oxidation sites excluding steroid dienone is 1. The summed E-state index contributed by atoms with van der Waals surface area (Å²) >= 11 is 6.23. The first kappa shape index (κ1) is 44.0. The number of nitrogens with one attached hydrogen (secondary N) is 3. The molecule has 2 fully saturated rings. The highest BCUT2D eigenvalue weighted by atomic mass is 35.5. The Bertz CT molecular complexity index is 2680. The van der Waals surface area contributed by atoms with E-state index in [2.05, 4.69) is 51.3 Å². The number of carbonyl (C=O) groups is 1. The lowest BCUT2D eigenvalue weighted by molar-refractivity contribution is -0.384. The minimum atomic E-state index is -4.71. The van der Waals surface area contributed by atoms with Crippen LogP contribution in [0.2, 0.25) is 5.02 Å². The molecule has 1 aliphatic carbocycles. The second kappa shape index (κ2) is 17.9. The van der Waals surface area contributed by atoms with Gasteiger partial charge in [-0.25, -0.2) is 21.9 Å². The molecule has 63 heavy (non-hydrogen) atoms. The lowest BCUT2D eigenvalue weighted by Gasteiger charge is -2.39. The lowest BCUT2D eigenvalue weighted by atomic mass is 9.72. The van der Waals surface area contributed by atoms with Crippen LogP contribution in [0.1, 0.15) is 61.9 Å². The van der Waals surface area contributed by atoms with Gasteiger partial charge in [0.05, 0.1) is 32.5 Å². The number of hydrogen-bond acceptors (Lipinski definition) is 11. The SMILES string of the molecule is CC1(C)CCC(CN2CCN(c3ccc(C(=O)NS(=O)(=O)c4ccc(NCC5(F)CCOCC5)c([N+](=O)[O-])c4)c(Oc4cc(F)cc5[nH]ncc45)c3)CC2)=C(c2ccc(Cl)cc2)C1. The summed E-state index contributed by atoms with van der Waals surface area (Å²) in [7, 11) is -4.71. The van der Waals surface area contributed by atoms with Crippen LogP contribution < -0.4 is 19.7 Å². The van der Waals surface area contributed by atoms with Crippen molar-refractivity contribution in [1.82, 2.24) is 19.8 Å². The summed E-state index contributed by atoms with van der Waals surface area (Å²) in [5.41, 5.74) is 2.67. The summed E-state index contributed by atoms with van der Waals surface area (Å²) in [4.78, 5) is 29.2. The van der Waals surface area contributed by atoms with Crippen molar-refractivity contribution in [2.75, 3.05) is 62.7 Å². The van der Waals surface area contributed by atoms with Gasteiger partial charge >= 0.3 is 0 Å². The van der Waals surface area contributed by atoms with Crippen LogP contribution in [0.3, 0.4) is 0 Å². The number of alkyl halides is 1. The molecule has 0 spiro atoms. The molecule has 3 N–H and O–H groups in total. The van der Waals surface area contributed by atoms with Crippen LogP contribution in [-0.4, -0.2) is 92.5 Å². The van der Waals surface area contributed by atoms with Crippen LogP contribution in [0.5, 0.6) is 11.5 Å². The molecule has 1 amide bonds. The van der Waals surface area contributed by atoms with Crippen molar-refractivity contribution in [3.05, 3.63) is 117 Å². The number of ether oxygens (including phenoxy) is 2. The molecule has 14 nitrogen and oxygen atoms in total. The molecular formula is C45H48ClF2N7O7S. The minimum Gasteiger partial charge on any atom is -0.456 e. The number of hydrogen-bond donors (Lipinski definition) is 3. The molecule has 3 heterocycles. The van der Waals surface area contributed by atoms with Crippen LogP contribution in [0.25, 0.3) is 16.5 Å². The molecule has 1 aromatic heterocycles. The molecule has 5 aromatic rings. The van der Waals surface area contributed by atoms with Crippen LogP contribution in [0, 0.1) is 21.3 Å². The van der Waals surface area contributed by atoms with Crippen LogP contribution in [0.15, 0.2) is 89.5 Å². The zero-order chi connectivity index (χ0) is 44.5. The molecule has 2 aliphatic heterocycles. The van der Waals surface area contributed by atoms with Gasteiger partial charge in [0, 0.05) is 94.2 Å². The average Bonchev–Trinajstić information content (AvgIpc) is 3.73. The highest BCUT2D eigenvalue weighted by molar-refractivity contribution is 7.90. The van der Waals surface area contributed by atoms with Crippen molar-refractivity contribution in [2.45, 2.75) is 56.5 Å². The zero-order valence-corrected chi connectivity index (χ0v) is 36.5. The quantitative estimate of drug-likeness (QED) is 0.0761. The minimum absolute atomic E-state index is 0.0348. The Morgan fingerprint density at radius 1 is 1.00 bits per heavy atom. The predicted octanol–water partition coefficient (Wildman–Crippen LogP) is 8.89. The van der Waals surface area contributed by atoms with E-state index in [0.29, 0.717) is 34.7 Å². The Labute approximate surface area is 368 Å². The number of anilines is 2. The third kappa shape index (κ3) is 10.1. The van der Waals surface area contributed by atoms with E-state index in [0.717, 1.165) is 63.2 Å². The number of aromatic nitrogens is 2. The van der Waals surface area contributed by atoms with E-state index >= 15 is 4.39 Å². The highest BCUT2D eigenvalue weighted by Crippen LogP contribution is 2.44. The maximum Gasteiger partial charge on any atom is 0.293 e. The molecule has 0 atom stereocenters. The van der Waals surface area contributed by atoms with Crippen molar-refractivity contribution in [2.24, 2.45) is 5.41 Å². The Morgan fingerprint density at radius 3 is 2.48 bits per heavy atom. The number of rotatable bonds is 13. The van der Waals surface area contributed by atoms with E-state index in [-0.39, 0.29) is 60.8 Å². The fourth-order valence-electron chi connectivity index (χ4n) is 8.45. The number of carbonyl (C=O) groups excluding carboxylic acids is 1. The smallest absolute Gasteiger partial charge is 0.293 e. The van der Waals surface area contributed by atoms with Gasteiger partial charge in [-0.2, -0.15) is 5.10 Å². The van der Waals surface area contributed by atoms with E-state index < -0.39 is 42.9 Å². The molecule has 332 valence electrons. The number of H-pyrrole nitrogens is 1. The van der Waals surface area contributed by atoms with E-state index in [1.54, 1.807) is 12.1 Å². The summed E-state index contributed by atoms with van der Waals surface area (Å²) < 4.78 is 70.8. The lowest BCUT2D eigenvalue weighted by Crippen LogP contribution is -2.47. The third-order valence-electron chi connectivity index (χ3n) is 12.1. The fraction of sp³-hybridized carbons (Fsp3) is 0.378. The van der Waals surface area contributed by atoms with Gasteiger partial charge in [-0.15, -0.1) is 0 Å². The monoisotopic (exact) mass is 903 g/mol. The second-order valence-electron chi connectivity index (χ2n) is 17.2.